The summed E-state index contributed by atoms with van der Waals surface area (Å²) in [5.74, 6) is 0.707. The van der Waals surface area contributed by atoms with Crippen LogP contribution in [0.4, 0.5) is 5.82 Å². The summed E-state index contributed by atoms with van der Waals surface area (Å²) in [7, 11) is 0. The number of hydrogen-bond donors (Lipinski definition) is 0. The second-order valence-electron chi connectivity index (χ2n) is 9.51. The minimum Gasteiger partial charge on any atom is -0.426 e. The van der Waals surface area contributed by atoms with E-state index < -0.39 is 11.6 Å². The highest BCUT2D eigenvalue weighted by atomic mass is 16.5. The number of para-hydroxylation sites is 1. The molecule has 1 amide bonds. The van der Waals surface area contributed by atoms with Crippen LogP contribution in [0.3, 0.4) is 0 Å². The van der Waals surface area contributed by atoms with Gasteiger partial charge in [-0.2, -0.15) is 0 Å². The number of benzene rings is 2. The van der Waals surface area contributed by atoms with Crippen molar-refractivity contribution in [2.75, 3.05) is 31.1 Å². The Labute approximate surface area is 214 Å². The van der Waals surface area contributed by atoms with Gasteiger partial charge in [-0.25, -0.2) is 9.78 Å². The fraction of sp³-hybridized carbons (Fsp3) is 0.310. The van der Waals surface area contributed by atoms with Gasteiger partial charge in [0, 0.05) is 49.4 Å². The number of nitrogens with zero attached hydrogens (tertiary/aromatic N) is 3. The number of aromatic nitrogens is 1. The standard InChI is InChI=1S/C29H29N3O5/c1-17-15-26(30-24-8-6-5-7-21(17)24)31-11-13-32(14-12-31)27(34)16-23-18(2)22-9-10-25(36-20(4)33)19(3)28(22)37-29(23)35/h5-10,15H,11-14,16H2,1-4H3. The number of hydrogen-bond acceptors (Lipinski definition) is 7. The highest BCUT2D eigenvalue weighted by Gasteiger charge is 2.25. The van der Waals surface area contributed by atoms with Crippen LogP contribution in [0, 0.1) is 20.8 Å². The molecule has 37 heavy (non-hydrogen) atoms. The van der Waals surface area contributed by atoms with E-state index in [1.807, 2.05) is 25.1 Å². The Morgan fingerprint density at radius 2 is 1.70 bits per heavy atom. The van der Waals surface area contributed by atoms with Gasteiger partial charge < -0.3 is 19.0 Å². The summed E-state index contributed by atoms with van der Waals surface area (Å²) >= 11 is 0. The first-order chi connectivity index (χ1) is 17.7. The van der Waals surface area contributed by atoms with Crippen molar-refractivity contribution in [3.05, 3.63) is 75.1 Å². The molecule has 0 atom stereocenters. The van der Waals surface area contributed by atoms with Crippen LogP contribution in [0.25, 0.3) is 21.9 Å². The second kappa shape index (κ2) is 9.69. The average Bonchev–Trinajstić information content (AvgIpc) is 2.88. The summed E-state index contributed by atoms with van der Waals surface area (Å²) in [6, 6.07) is 13.6. The molecule has 3 heterocycles. The van der Waals surface area contributed by atoms with Crippen LogP contribution in [0.2, 0.25) is 0 Å². The maximum absolute atomic E-state index is 13.2. The third kappa shape index (κ3) is 4.67. The molecule has 0 saturated carbocycles. The molecular formula is C29H29N3O5. The van der Waals surface area contributed by atoms with Gasteiger partial charge in [-0.3, -0.25) is 9.59 Å². The Kier molecular flexibility index (Phi) is 6.41. The third-order valence-electron chi connectivity index (χ3n) is 7.10. The first kappa shape index (κ1) is 24.5. The maximum atomic E-state index is 13.2. The van der Waals surface area contributed by atoms with E-state index in [9.17, 15) is 14.4 Å². The molecule has 5 rings (SSSR count). The van der Waals surface area contributed by atoms with Crippen molar-refractivity contribution in [3.63, 3.8) is 0 Å². The smallest absolute Gasteiger partial charge is 0.340 e. The molecule has 0 N–H and O–H groups in total. The summed E-state index contributed by atoms with van der Waals surface area (Å²) in [6.07, 6.45) is -0.0256. The van der Waals surface area contributed by atoms with Crippen molar-refractivity contribution in [1.82, 2.24) is 9.88 Å². The van der Waals surface area contributed by atoms with Gasteiger partial charge in [-0.1, -0.05) is 18.2 Å². The number of esters is 1. The Hall–Kier alpha value is -4.20. The second-order valence-corrected chi connectivity index (χ2v) is 9.51. The topological polar surface area (TPSA) is 93.0 Å². The average molecular weight is 500 g/mol. The SMILES string of the molecule is CC(=O)Oc1ccc2c(C)c(CC(=O)N3CCN(c4cc(C)c5ccccc5n4)CC3)c(=O)oc2c1C. The Morgan fingerprint density at radius 3 is 2.43 bits per heavy atom. The molecule has 2 aromatic heterocycles. The summed E-state index contributed by atoms with van der Waals surface area (Å²) in [6.45, 7) is 9.39. The van der Waals surface area contributed by atoms with Crippen molar-refractivity contribution >= 4 is 39.6 Å². The van der Waals surface area contributed by atoms with Gasteiger partial charge in [-0.05, 0) is 56.2 Å². The number of pyridine rings is 1. The Balaban J connectivity index is 1.32. The van der Waals surface area contributed by atoms with Crippen LogP contribution in [-0.4, -0.2) is 47.9 Å². The van der Waals surface area contributed by atoms with Gasteiger partial charge in [-0.15, -0.1) is 0 Å². The number of rotatable bonds is 4. The molecule has 0 radical (unpaired) electrons. The minimum absolute atomic E-state index is 0.0256. The van der Waals surface area contributed by atoms with Crippen LogP contribution >= 0.6 is 0 Å². The van der Waals surface area contributed by atoms with Crippen molar-refractivity contribution in [1.29, 1.82) is 0 Å². The van der Waals surface area contributed by atoms with Crippen LogP contribution in [0.1, 0.15) is 29.2 Å². The predicted octanol–water partition coefficient (Wildman–Crippen LogP) is 4.08. The third-order valence-corrected chi connectivity index (χ3v) is 7.10. The lowest BCUT2D eigenvalue weighted by molar-refractivity contribution is -0.132. The number of carbonyl (C=O) groups excluding carboxylic acids is 2. The Bertz CT molecular complexity index is 1600. The minimum atomic E-state index is -0.545. The zero-order valence-electron chi connectivity index (χ0n) is 21.5. The number of amides is 1. The normalized spacial score (nSPS) is 13.8. The number of piperazine rings is 1. The quantitative estimate of drug-likeness (QED) is 0.237. The molecule has 190 valence electrons. The first-order valence-electron chi connectivity index (χ1n) is 12.4. The predicted molar refractivity (Wildman–Crippen MR) is 142 cm³/mol. The largest absolute Gasteiger partial charge is 0.426 e. The number of anilines is 1. The van der Waals surface area contributed by atoms with Gasteiger partial charge in [0.15, 0.2) is 0 Å². The van der Waals surface area contributed by atoms with E-state index in [0.29, 0.717) is 54.2 Å². The van der Waals surface area contributed by atoms with Gasteiger partial charge >= 0.3 is 11.6 Å². The van der Waals surface area contributed by atoms with Gasteiger partial charge in [0.25, 0.3) is 0 Å². The van der Waals surface area contributed by atoms with Crippen LogP contribution in [0.5, 0.6) is 5.75 Å². The van der Waals surface area contributed by atoms with Crippen LogP contribution in [-0.2, 0) is 16.0 Å². The summed E-state index contributed by atoms with van der Waals surface area (Å²) in [4.78, 5) is 46.2. The molecule has 0 spiro atoms. The zero-order valence-corrected chi connectivity index (χ0v) is 21.5. The molecule has 1 aliphatic rings. The van der Waals surface area contributed by atoms with E-state index in [4.69, 9.17) is 14.1 Å². The highest BCUT2D eigenvalue weighted by Crippen LogP contribution is 2.30. The van der Waals surface area contributed by atoms with Crippen molar-refractivity contribution in [2.24, 2.45) is 0 Å². The van der Waals surface area contributed by atoms with Crippen LogP contribution in [0.15, 0.2) is 51.7 Å². The molecule has 0 aliphatic carbocycles. The molecule has 1 saturated heterocycles. The molecule has 4 aromatic rings. The molecule has 0 unspecified atom stereocenters. The molecule has 8 heteroatoms. The van der Waals surface area contributed by atoms with Crippen molar-refractivity contribution in [3.8, 4) is 5.75 Å². The van der Waals surface area contributed by atoms with E-state index in [-0.39, 0.29) is 12.3 Å². The summed E-state index contributed by atoms with van der Waals surface area (Å²) in [5.41, 5.74) is 3.58. The van der Waals surface area contributed by atoms with E-state index in [2.05, 4.69) is 24.0 Å². The summed E-state index contributed by atoms with van der Waals surface area (Å²) in [5, 5.41) is 1.86. The molecule has 1 fully saturated rings. The van der Waals surface area contributed by atoms with Gasteiger partial charge in [0.2, 0.25) is 5.91 Å². The van der Waals surface area contributed by atoms with Crippen molar-refractivity contribution < 1.29 is 18.7 Å². The highest BCUT2D eigenvalue weighted by molar-refractivity contribution is 5.88. The molecule has 1 aliphatic heterocycles. The maximum Gasteiger partial charge on any atom is 0.340 e. The van der Waals surface area contributed by atoms with E-state index in [0.717, 1.165) is 22.1 Å². The summed E-state index contributed by atoms with van der Waals surface area (Å²) < 4.78 is 10.8. The fourth-order valence-corrected chi connectivity index (χ4v) is 4.98. The monoisotopic (exact) mass is 499 g/mol. The lowest BCUT2D eigenvalue weighted by Gasteiger charge is -2.35. The lowest BCUT2D eigenvalue weighted by atomic mass is 10.0. The molecule has 8 nitrogen and oxygen atoms in total. The number of ether oxygens (including phenoxy) is 1. The zero-order chi connectivity index (χ0) is 26.3. The Morgan fingerprint density at radius 1 is 0.973 bits per heavy atom. The number of fused-ring (bicyclic) bond motifs is 2. The number of carbonyl (C=O) groups is 2. The van der Waals surface area contributed by atoms with Crippen LogP contribution < -0.4 is 15.3 Å². The first-order valence-corrected chi connectivity index (χ1v) is 12.4. The molecule has 2 aromatic carbocycles. The van der Waals surface area contributed by atoms with E-state index in [1.165, 1.54) is 12.5 Å². The molecule has 0 bridgehead atoms. The van der Waals surface area contributed by atoms with Crippen molar-refractivity contribution in [2.45, 2.75) is 34.1 Å². The van der Waals surface area contributed by atoms with E-state index >= 15 is 0 Å². The van der Waals surface area contributed by atoms with E-state index in [1.54, 1.807) is 24.0 Å². The lowest BCUT2D eigenvalue weighted by Crippen LogP contribution is -2.49. The fourth-order valence-electron chi connectivity index (χ4n) is 4.98. The number of aryl methyl sites for hydroxylation is 3. The van der Waals surface area contributed by atoms with Gasteiger partial charge in [0.05, 0.1) is 17.5 Å². The van der Waals surface area contributed by atoms with Gasteiger partial charge in [0.1, 0.15) is 17.2 Å². The molecular weight excluding hydrogens is 470 g/mol.